The molecule has 72 valence electrons. The van der Waals surface area contributed by atoms with Crippen LogP contribution in [0.25, 0.3) is 0 Å². The number of carbonyl (C=O) groups is 1. The lowest BCUT2D eigenvalue weighted by molar-refractivity contribution is 0.101. The van der Waals surface area contributed by atoms with Crippen molar-refractivity contribution < 1.29 is 4.79 Å². The largest absolute Gasteiger partial charge is 0.293 e. The second-order valence-corrected chi connectivity index (χ2v) is 3.13. The Morgan fingerprint density at radius 1 is 1.38 bits per heavy atom. The third-order valence-corrected chi connectivity index (χ3v) is 1.97. The van der Waals surface area contributed by atoms with E-state index in [9.17, 15) is 4.79 Å². The van der Waals surface area contributed by atoms with Gasteiger partial charge in [-0.05, 0) is 12.8 Å². The molecule has 0 radical (unpaired) electrons. The Balaban J connectivity index is 2.55. The van der Waals surface area contributed by atoms with E-state index in [1.807, 2.05) is 0 Å². The van der Waals surface area contributed by atoms with Crippen molar-refractivity contribution in [3.05, 3.63) is 11.4 Å². The van der Waals surface area contributed by atoms with E-state index in [2.05, 4.69) is 22.3 Å². The van der Waals surface area contributed by atoms with Gasteiger partial charge in [0, 0.05) is 6.92 Å². The van der Waals surface area contributed by atoms with Crippen LogP contribution in [0.1, 0.15) is 49.3 Å². The molecule has 0 amide bonds. The minimum atomic E-state index is -0.0137. The Bertz CT molecular complexity index is 280. The summed E-state index contributed by atoms with van der Waals surface area (Å²) < 4.78 is 0. The smallest absolute Gasteiger partial charge is 0.181 e. The molecule has 0 aliphatic carbocycles. The number of aromatic nitrogens is 3. The molecule has 1 aromatic heterocycles. The van der Waals surface area contributed by atoms with E-state index in [0.29, 0.717) is 5.69 Å². The van der Waals surface area contributed by atoms with Crippen LogP contribution in [0, 0.1) is 0 Å². The SMILES string of the molecule is CCCCCc1n[nH]nc1C(C)=O. The van der Waals surface area contributed by atoms with Gasteiger partial charge in [0.2, 0.25) is 0 Å². The molecule has 0 aliphatic heterocycles. The van der Waals surface area contributed by atoms with Gasteiger partial charge in [-0.15, -0.1) is 0 Å². The lowest BCUT2D eigenvalue weighted by atomic mass is 10.1. The predicted octanol–water partition coefficient (Wildman–Crippen LogP) is 1.74. The molecule has 0 bridgehead atoms. The molecule has 0 unspecified atom stereocenters. The van der Waals surface area contributed by atoms with Gasteiger partial charge in [-0.1, -0.05) is 19.8 Å². The van der Waals surface area contributed by atoms with Crippen LogP contribution in [0.2, 0.25) is 0 Å². The Morgan fingerprint density at radius 2 is 2.15 bits per heavy atom. The highest BCUT2D eigenvalue weighted by molar-refractivity contribution is 5.92. The highest BCUT2D eigenvalue weighted by atomic mass is 16.1. The minimum absolute atomic E-state index is 0.0137. The second kappa shape index (κ2) is 4.74. The molecule has 1 aromatic rings. The summed E-state index contributed by atoms with van der Waals surface area (Å²) in [7, 11) is 0. The van der Waals surface area contributed by atoms with Gasteiger partial charge in [0.25, 0.3) is 0 Å². The molecule has 4 nitrogen and oxygen atoms in total. The summed E-state index contributed by atoms with van der Waals surface area (Å²) in [4.78, 5) is 11.0. The topological polar surface area (TPSA) is 58.6 Å². The number of H-pyrrole nitrogens is 1. The van der Waals surface area contributed by atoms with Crippen LogP contribution in [-0.4, -0.2) is 21.2 Å². The first-order valence-electron chi connectivity index (χ1n) is 4.66. The van der Waals surface area contributed by atoms with Gasteiger partial charge in [-0.2, -0.15) is 15.4 Å². The zero-order chi connectivity index (χ0) is 9.68. The van der Waals surface area contributed by atoms with Crippen LogP contribution in [0.3, 0.4) is 0 Å². The van der Waals surface area contributed by atoms with Crippen molar-refractivity contribution in [2.24, 2.45) is 0 Å². The van der Waals surface area contributed by atoms with Crippen LogP contribution in [0.15, 0.2) is 0 Å². The molecular formula is C9H15N3O. The molecular weight excluding hydrogens is 166 g/mol. The first kappa shape index (κ1) is 9.89. The summed E-state index contributed by atoms with van der Waals surface area (Å²) in [5.41, 5.74) is 1.30. The van der Waals surface area contributed by atoms with Crippen molar-refractivity contribution in [3.63, 3.8) is 0 Å². The van der Waals surface area contributed by atoms with E-state index in [1.54, 1.807) is 0 Å². The minimum Gasteiger partial charge on any atom is -0.293 e. The number of nitrogens with one attached hydrogen (secondary N) is 1. The maximum atomic E-state index is 11.0. The zero-order valence-corrected chi connectivity index (χ0v) is 8.13. The maximum absolute atomic E-state index is 11.0. The molecule has 0 saturated carbocycles. The predicted molar refractivity (Wildman–Crippen MR) is 49.6 cm³/mol. The fraction of sp³-hybridized carbons (Fsp3) is 0.667. The van der Waals surface area contributed by atoms with Gasteiger partial charge < -0.3 is 0 Å². The van der Waals surface area contributed by atoms with Gasteiger partial charge in [0.05, 0.1) is 5.69 Å². The van der Waals surface area contributed by atoms with Crippen molar-refractivity contribution in [1.82, 2.24) is 15.4 Å². The van der Waals surface area contributed by atoms with Crippen molar-refractivity contribution in [2.45, 2.75) is 39.5 Å². The van der Waals surface area contributed by atoms with Crippen LogP contribution in [0.4, 0.5) is 0 Å². The van der Waals surface area contributed by atoms with Crippen molar-refractivity contribution >= 4 is 5.78 Å². The van der Waals surface area contributed by atoms with E-state index in [4.69, 9.17) is 0 Å². The Labute approximate surface area is 77.7 Å². The number of hydrogen-bond donors (Lipinski definition) is 1. The number of nitrogens with zero attached hydrogens (tertiary/aromatic N) is 2. The van der Waals surface area contributed by atoms with E-state index in [-0.39, 0.29) is 5.78 Å². The fourth-order valence-corrected chi connectivity index (χ4v) is 1.25. The monoisotopic (exact) mass is 181 g/mol. The van der Waals surface area contributed by atoms with Crippen LogP contribution < -0.4 is 0 Å². The first-order chi connectivity index (χ1) is 6.25. The number of unbranched alkanes of at least 4 members (excludes halogenated alkanes) is 2. The summed E-state index contributed by atoms with van der Waals surface area (Å²) >= 11 is 0. The van der Waals surface area contributed by atoms with E-state index < -0.39 is 0 Å². The van der Waals surface area contributed by atoms with Crippen LogP contribution >= 0.6 is 0 Å². The molecule has 1 N–H and O–H groups in total. The number of aryl methyl sites for hydroxylation is 1. The standard InChI is InChI=1S/C9H15N3O/c1-3-4-5-6-8-9(7(2)13)11-12-10-8/h3-6H2,1-2H3,(H,10,11,12). The quantitative estimate of drug-likeness (QED) is 0.556. The normalized spacial score (nSPS) is 10.3. The number of aromatic amines is 1. The lowest BCUT2D eigenvalue weighted by Gasteiger charge is -1.96. The summed E-state index contributed by atoms with van der Waals surface area (Å²) in [6, 6.07) is 0. The van der Waals surface area contributed by atoms with Crippen molar-refractivity contribution in [3.8, 4) is 0 Å². The number of ketones is 1. The molecule has 0 aromatic carbocycles. The number of carbonyl (C=O) groups excluding carboxylic acids is 1. The number of Topliss-reactive ketones (excluding diaryl/α,β-unsaturated/α-hetero) is 1. The third kappa shape index (κ3) is 2.65. The average molecular weight is 181 g/mol. The van der Waals surface area contributed by atoms with E-state index >= 15 is 0 Å². The maximum Gasteiger partial charge on any atom is 0.181 e. The average Bonchev–Trinajstić information content (AvgIpc) is 2.53. The van der Waals surface area contributed by atoms with Crippen molar-refractivity contribution in [1.29, 1.82) is 0 Å². The van der Waals surface area contributed by atoms with Crippen LogP contribution in [0.5, 0.6) is 0 Å². The highest BCUT2D eigenvalue weighted by Crippen LogP contribution is 2.07. The number of hydrogen-bond acceptors (Lipinski definition) is 3. The van der Waals surface area contributed by atoms with Gasteiger partial charge in [0.1, 0.15) is 0 Å². The molecule has 0 saturated heterocycles. The summed E-state index contributed by atoms with van der Waals surface area (Å²) in [5, 5.41) is 10.2. The zero-order valence-electron chi connectivity index (χ0n) is 8.13. The van der Waals surface area contributed by atoms with Gasteiger partial charge in [0.15, 0.2) is 11.5 Å². The van der Waals surface area contributed by atoms with Crippen LogP contribution in [-0.2, 0) is 6.42 Å². The summed E-state index contributed by atoms with van der Waals surface area (Å²) in [6.45, 7) is 3.66. The van der Waals surface area contributed by atoms with Gasteiger partial charge in [-0.3, -0.25) is 4.79 Å². The van der Waals surface area contributed by atoms with Gasteiger partial charge >= 0.3 is 0 Å². The van der Waals surface area contributed by atoms with E-state index in [1.165, 1.54) is 19.8 Å². The molecule has 1 rings (SSSR count). The summed E-state index contributed by atoms with van der Waals surface area (Å²) in [5.74, 6) is -0.0137. The Hall–Kier alpha value is -1.19. The molecule has 1 heterocycles. The second-order valence-electron chi connectivity index (χ2n) is 3.13. The first-order valence-corrected chi connectivity index (χ1v) is 4.66. The lowest BCUT2D eigenvalue weighted by Crippen LogP contribution is -1.99. The van der Waals surface area contributed by atoms with E-state index in [0.717, 1.165) is 18.5 Å². The molecule has 0 aliphatic rings. The number of rotatable bonds is 5. The molecule has 0 spiro atoms. The Kier molecular flexibility index (Phi) is 3.61. The molecule has 0 atom stereocenters. The van der Waals surface area contributed by atoms with Crippen molar-refractivity contribution in [2.75, 3.05) is 0 Å². The highest BCUT2D eigenvalue weighted by Gasteiger charge is 2.10. The molecule has 4 heteroatoms. The third-order valence-electron chi connectivity index (χ3n) is 1.97. The summed E-state index contributed by atoms with van der Waals surface area (Å²) in [6.07, 6.45) is 4.26. The molecule has 0 fully saturated rings. The fourth-order valence-electron chi connectivity index (χ4n) is 1.25. The molecule has 13 heavy (non-hydrogen) atoms. The Morgan fingerprint density at radius 3 is 2.77 bits per heavy atom. The van der Waals surface area contributed by atoms with Gasteiger partial charge in [-0.25, -0.2) is 0 Å².